The highest BCUT2D eigenvalue weighted by Gasteiger charge is 2.29. The molecule has 1 amide bonds. The Hall–Kier alpha value is -3.49. The first kappa shape index (κ1) is 22.7. The summed E-state index contributed by atoms with van der Waals surface area (Å²) in [5.74, 6) is -0.376. The minimum Gasteiger partial charge on any atom is -0.336 e. The van der Waals surface area contributed by atoms with Gasteiger partial charge in [0.05, 0.1) is 6.54 Å². The van der Waals surface area contributed by atoms with Crippen molar-refractivity contribution in [3.63, 3.8) is 0 Å². The number of pyridine rings is 1. The van der Waals surface area contributed by atoms with Gasteiger partial charge < -0.3 is 9.47 Å². The summed E-state index contributed by atoms with van der Waals surface area (Å²) >= 11 is 0. The molecule has 1 aromatic heterocycles. The van der Waals surface area contributed by atoms with Crippen molar-refractivity contribution >= 4 is 22.0 Å². The third kappa shape index (κ3) is 5.47. The van der Waals surface area contributed by atoms with E-state index in [-0.39, 0.29) is 43.2 Å². The van der Waals surface area contributed by atoms with Gasteiger partial charge in [0.1, 0.15) is 5.56 Å². The minimum atomic E-state index is -3.60. The normalized spacial score (nSPS) is 15.1. The molecule has 0 spiro atoms. The van der Waals surface area contributed by atoms with Crippen LogP contribution >= 0.6 is 0 Å². The van der Waals surface area contributed by atoms with Crippen LogP contribution in [0.1, 0.15) is 21.5 Å². The first-order valence-corrected chi connectivity index (χ1v) is 12.2. The van der Waals surface area contributed by atoms with E-state index >= 15 is 0 Å². The predicted octanol–water partition coefficient (Wildman–Crippen LogP) is 2.66. The lowest BCUT2D eigenvalue weighted by Gasteiger charge is -2.33. The molecule has 3 aromatic rings. The standard InChI is InChI=1S/C25H25N3O4S/c29-24(23-12-7-14-27(25(23)30)20-22-10-5-2-6-11-22)26-15-17-28(18-16-26)33(31,32)19-13-21-8-3-1-4-9-21/h1-14,19H,15-18,20H2/b19-13+. The van der Waals surface area contributed by atoms with Crippen LogP contribution in [0.4, 0.5) is 0 Å². The van der Waals surface area contributed by atoms with Crippen molar-refractivity contribution in [1.82, 2.24) is 13.8 Å². The molecule has 0 aliphatic carbocycles. The number of nitrogens with zero attached hydrogens (tertiary/aromatic N) is 3. The second kappa shape index (κ2) is 9.97. The minimum absolute atomic E-state index is 0.0914. The molecule has 0 bridgehead atoms. The molecular formula is C25H25N3O4S. The molecule has 0 N–H and O–H groups in total. The van der Waals surface area contributed by atoms with Gasteiger partial charge in [-0.05, 0) is 29.3 Å². The van der Waals surface area contributed by atoms with Crippen molar-refractivity contribution in [3.8, 4) is 0 Å². The summed E-state index contributed by atoms with van der Waals surface area (Å²) in [6.45, 7) is 1.19. The topological polar surface area (TPSA) is 79.7 Å². The molecule has 8 heteroatoms. The smallest absolute Gasteiger partial charge is 0.263 e. The number of carbonyl (C=O) groups excluding carboxylic acids is 1. The zero-order valence-electron chi connectivity index (χ0n) is 18.1. The van der Waals surface area contributed by atoms with Crippen LogP contribution in [0.3, 0.4) is 0 Å². The second-order valence-corrected chi connectivity index (χ2v) is 9.61. The number of aromatic nitrogens is 1. The van der Waals surface area contributed by atoms with Crippen molar-refractivity contribution in [2.24, 2.45) is 0 Å². The van der Waals surface area contributed by atoms with Gasteiger partial charge in [0.15, 0.2) is 0 Å². The maximum absolute atomic E-state index is 13.0. The van der Waals surface area contributed by atoms with Crippen LogP contribution in [0.2, 0.25) is 0 Å². The van der Waals surface area contributed by atoms with Gasteiger partial charge in [-0.3, -0.25) is 9.59 Å². The van der Waals surface area contributed by atoms with Crippen LogP contribution in [0.5, 0.6) is 0 Å². The fourth-order valence-corrected chi connectivity index (χ4v) is 4.91. The summed E-state index contributed by atoms with van der Waals surface area (Å²) in [6.07, 6.45) is 3.22. The number of hydrogen-bond acceptors (Lipinski definition) is 4. The third-order valence-electron chi connectivity index (χ3n) is 5.56. The van der Waals surface area contributed by atoms with Gasteiger partial charge in [0.25, 0.3) is 11.5 Å². The van der Waals surface area contributed by atoms with Crippen molar-refractivity contribution in [3.05, 3.63) is 111 Å². The highest BCUT2D eigenvalue weighted by molar-refractivity contribution is 7.92. The summed E-state index contributed by atoms with van der Waals surface area (Å²) in [6, 6.07) is 22.0. The highest BCUT2D eigenvalue weighted by Crippen LogP contribution is 2.13. The molecule has 0 saturated carbocycles. The molecule has 0 atom stereocenters. The largest absolute Gasteiger partial charge is 0.336 e. The summed E-state index contributed by atoms with van der Waals surface area (Å²) in [5.41, 5.74) is 1.50. The molecule has 7 nitrogen and oxygen atoms in total. The number of rotatable bonds is 6. The van der Waals surface area contributed by atoms with Gasteiger partial charge in [0, 0.05) is 37.8 Å². The number of hydrogen-bond donors (Lipinski definition) is 0. The Labute approximate surface area is 193 Å². The van der Waals surface area contributed by atoms with E-state index in [1.807, 2.05) is 60.7 Å². The molecular weight excluding hydrogens is 438 g/mol. The first-order chi connectivity index (χ1) is 15.9. The van der Waals surface area contributed by atoms with Crippen LogP contribution in [0.25, 0.3) is 6.08 Å². The summed E-state index contributed by atoms with van der Waals surface area (Å²) in [7, 11) is -3.60. The van der Waals surface area contributed by atoms with Gasteiger partial charge in [-0.25, -0.2) is 8.42 Å². The number of benzene rings is 2. The lowest BCUT2D eigenvalue weighted by atomic mass is 10.2. The molecule has 33 heavy (non-hydrogen) atoms. The average Bonchev–Trinajstić information content (AvgIpc) is 2.85. The molecule has 0 unspecified atom stereocenters. The molecule has 1 aliphatic heterocycles. The van der Waals surface area contributed by atoms with E-state index in [0.29, 0.717) is 6.54 Å². The molecule has 4 rings (SSSR count). The van der Waals surface area contributed by atoms with Gasteiger partial charge in [-0.2, -0.15) is 4.31 Å². The van der Waals surface area contributed by atoms with Gasteiger partial charge in [-0.1, -0.05) is 60.7 Å². The van der Waals surface area contributed by atoms with Crippen LogP contribution in [0.15, 0.2) is 89.2 Å². The number of piperazine rings is 1. The molecule has 1 saturated heterocycles. The van der Waals surface area contributed by atoms with Crippen molar-refractivity contribution in [1.29, 1.82) is 0 Å². The zero-order chi connectivity index (χ0) is 23.3. The Morgan fingerprint density at radius 3 is 2.15 bits per heavy atom. The number of sulfonamides is 1. The Morgan fingerprint density at radius 1 is 0.848 bits per heavy atom. The molecule has 1 aliphatic rings. The SMILES string of the molecule is O=C(c1cccn(Cc2ccccc2)c1=O)N1CCN(S(=O)(=O)/C=C/c2ccccc2)CC1. The van der Waals surface area contributed by atoms with E-state index < -0.39 is 10.0 Å². The Kier molecular flexibility index (Phi) is 6.86. The molecule has 2 heterocycles. The number of amides is 1. The zero-order valence-corrected chi connectivity index (χ0v) is 18.9. The molecule has 1 fully saturated rings. The fraction of sp³-hybridized carbons (Fsp3) is 0.200. The van der Waals surface area contributed by atoms with Gasteiger partial charge in [-0.15, -0.1) is 0 Å². The lowest BCUT2D eigenvalue weighted by molar-refractivity contribution is 0.0696. The van der Waals surface area contributed by atoms with Crippen LogP contribution in [-0.2, 0) is 16.6 Å². The van der Waals surface area contributed by atoms with Crippen LogP contribution in [0, 0.1) is 0 Å². The second-order valence-electron chi connectivity index (χ2n) is 7.79. The lowest BCUT2D eigenvalue weighted by Crippen LogP contribution is -2.51. The van der Waals surface area contributed by atoms with E-state index in [4.69, 9.17) is 0 Å². The van der Waals surface area contributed by atoms with Crippen molar-refractivity contribution in [2.45, 2.75) is 6.54 Å². The maximum Gasteiger partial charge on any atom is 0.263 e. The van der Waals surface area contributed by atoms with E-state index in [9.17, 15) is 18.0 Å². The Balaban J connectivity index is 1.42. The summed E-state index contributed by atoms with van der Waals surface area (Å²) in [5, 5.41) is 1.19. The Bertz CT molecular complexity index is 1290. The van der Waals surface area contributed by atoms with Crippen molar-refractivity contribution < 1.29 is 13.2 Å². The predicted molar refractivity (Wildman–Crippen MR) is 128 cm³/mol. The fourth-order valence-electron chi connectivity index (χ4n) is 3.74. The Morgan fingerprint density at radius 2 is 1.48 bits per heavy atom. The number of carbonyl (C=O) groups is 1. The third-order valence-corrected chi connectivity index (χ3v) is 7.13. The van der Waals surface area contributed by atoms with Crippen LogP contribution in [-0.4, -0.2) is 54.3 Å². The summed E-state index contributed by atoms with van der Waals surface area (Å²) in [4.78, 5) is 27.5. The van der Waals surface area contributed by atoms with Crippen LogP contribution < -0.4 is 5.56 Å². The quantitative estimate of drug-likeness (QED) is 0.563. The van der Waals surface area contributed by atoms with E-state index in [0.717, 1.165) is 11.1 Å². The average molecular weight is 464 g/mol. The monoisotopic (exact) mass is 463 g/mol. The molecule has 170 valence electrons. The van der Waals surface area contributed by atoms with Gasteiger partial charge in [0.2, 0.25) is 10.0 Å². The summed E-state index contributed by atoms with van der Waals surface area (Å²) < 4.78 is 28.2. The van der Waals surface area contributed by atoms with E-state index in [1.165, 1.54) is 25.2 Å². The van der Waals surface area contributed by atoms with Crippen molar-refractivity contribution in [2.75, 3.05) is 26.2 Å². The molecule has 2 aromatic carbocycles. The van der Waals surface area contributed by atoms with Gasteiger partial charge >= 0.3 is 0 Å². The first-order valence-electron chi connectivity index (χ1n) is 10.7. The highest BCUT2D eigenvalue weighted by atomic mass is 32.2. The van der Waals surface area contributed by atoms with E-state index in [1.54, 1.807) is 18.3 Å². The molecule has 0 radical (unpaired) electrons. The van der Waals surface area contributed by atoms with E-state index in [2.05, 4.69) is 0 Å². The maximum atomic E-state index is 13.0.